The summed E-state index contributed by atoms with van der Waals surface area (Å²) in [5.41, 5.74) is 0.968. The molecule has 0 aromatic heterocycles. The Morgan fingerprint density at radius 3 is 2.43 bits per heavy atom. The second kappa shape index (κ2) is 9.44. The Kier molecular flexibility index (Phi) is 6.97. The van der Waals surface area contributed by atoms with Gasteiger partial charge in [-0.15, -0.1) is 0 Å². The molecule has 28 heavy (non-hydrogen) atoms. The fraction of sp³-hybridized carbons (Fsp3) is 0.500. The zero-order valence-electron chi connectivity index (χ0n) is 17.3. The molecule has 0 aliphatic heterocycles. The third-order valence-electron chi connectivity index (χ3n) is 5.17. The molecular weight excluding hydrogens is 350 g/mol. The molecule has 2 N–H and O–H groups in total. The van der Waals surface area contributed by atoms with Gasteiger partial charge in [0.05, 0.1) is 0 Å². The number of rotatable bonds is 8. The first kappa shape index (κ1) is 20.7. The summed E-state index contributed by atoms with van der Waals surface area (Å²) in [6.07, 6.45) is 4.48. The van der Waals surface area contributed by atoms with Crippen molar-refractivity contribution in [3.05, 3.63) is 54.1 Å². The highest BCUT2D eigenvalue weighted by Gasteiger charge is 2.21. The Morgan fingerprint density at radius 2 is 1.75 bits per heavy atom. The van der Waals surface area contributed by atoms with Gasteiger partial charge in [-0.1, -0.05) is 51.8 Å². The van der Waals surface area contributed by atoms with Crippen LogP contribution in [0.2, 0.25) is 0 Å². The van der Waals surface area contributed by atoms with E-state index in [9.17, 15) is 5.11 Å². The highest BCUT2D eigenvalue weighted by Crippen LogP contribution is 2.35. The third kappa shape index (κ3) is 5.98. The van der Waals surface area contributed by atoms with Crippen LogP contribution in [-0.4, -0.2) is 30.4 Å². The summed E-state index contributed by atoms with van der Waals surface area (Å²) in [6.45, 7) is 7.31. The van der Waals surface area contributed by atoms with Crippen molar-refractivity contribution >= 4 is 0 Å². The van der Waals surface area contributed by atoms with Gasteiger partial charge in [-0.2, -0.15) is 0 Å². The Balaban J connectivity index is 1.62. The number of para-hydroxylation sites is 1. The van der Waals surface area contributed by atoms with Crippen molar-refractivity contribution in [3.63, 3.8) is 0 Å². The number of aliphatic hydroxyl groups excluding tert-OH is 1. The molecule has 1 atom stereocenters. The van der Waals surface area contributed by atoms with Crippen molar-refractivity contribution in [1.29, 1.82) is 0 Å². The summed E-state index contributed by atoms with van der Waals surface area (Å²) in [5, 5.41) is 13.8. The van der Waals surface area contributed by atoms with E-state index in [1.54, 1.807) is 0 Å². The zero-order chi connectivity index (χ0) is 20.0. The van der Waals surface area contributed by atoms with E-state index in [1.807, 2.05) is 48.5 Å². The summed E-state index contributed by atoms with van der Waals surface area (Å²) in [7, 11) is 0. The van der Waals surface area contributed by atoms with Crippen LogP contribution in [-0.2, 0) is 5.41 Å². The van der Waals surface area contributed by atoms with Crippen molar-refractivity contribution in [2.75, 3.05) is 13.2 Å². The van der Waals surface area contributed by atoms with E-state index in [-0.39, 0.29) is 12.0 Å². The maximum Gasteiger partial charge on any atom is 0.127 e. The van der Waals surface area contributed by atoms with Crippen LogP contribution in [0.25, 0.3) is 0 Å². The van der Waals surface area contributed by atoms with Crippen LogP contribution < -0.4 is 14.8 Å². The van der Waals surface area contributed by atoms with Crippen LogP contribution >= 0.6 is 0 Å². The van der Waals surface area contributed by atoms with E-state index in [4.69, 9.17) is 9.47 Å². The number of aliphatic hydroxyl groups is 1. The van der Waals surface area contributed by atoms with Crippen molar-refractivity contribution in [2.45, 2.75) is 64.0 Å². The fourth-order valence-electron chi connectivity index (χ4n) is 3.59. The quantitative estimate of drug-likeness (QED) is 0.670. The summed E-state index contributed by atoms with van der Waals surface area (Å²) in [6, 6.07) is 16.2. The SMILES string of the molecule is CC(C)(C)c1cc(Oc2ccccc2)ccc1OCC(O)CNC1CCCC1. The first-order chi connectivity index (χ1) is 13.4. The highest BCUT2D eigenvalue weighted by molar-refractivity contribution is 5.45. The van der Waals surface area contributed by atoms with Crippen LogP contribution in [0, 0.1) is 0 Å². The average Bonchev–Trinajstić information content (AvgIpc) is 3.19. The van der Waals surface area contributed by atoms with E-state index < -0.39 is 6.10 Å². The number of nitrogens with one attached hydrogen (secondary N) is 1. The lowest BCUT2D eigenvalue weighted by molar-refractivity contribution is 0.102. The topological polar surface area (TPSA) is 50.7 Å². The molecule has 1 saturated carbocycles. The largest absolute Gasteiger partial charge is 0.491 e. The maximum absolute atomic E-state index is 10.3. The molecule has 0 saturated heterocycles. The highest BCUT2D eigenvalue weighted by atomic mass is 16.5. The monoisotopic (exact) mass is 383 g/mol. The molecule has 0 bridgehead atoms. The van der Waals surface area contributed by atoms with Gasteiger partial charge >= 0.3 is 0 Å². The van der Waals surface area contributed by atoms with Crippen LogP contribution in [0.5, 0.6) is 17.2 Å². The Morgan fingerprint density at radius 1 is 1.04 bits per heavy atom. The second-order valence-electron chi connectivity index (χ2n) is 8.68. The molecule has 0 heterocycles. The number of hydrogen-bond donors (Lipinski definition) is 2. The van der Waals surface area contributed by atoms with Gasteiger partial charge in [-0.05, 0) is 48.6 Å². The second-order valence-corrected chi connectivity index (χ2v) is 8.68. The maximum atomic E-state index is 10.3. The first-order valence-electron chi connectivity index (χ1n) is 10.3. The molecule has 1 fully saturated rings. The van der Waals surface area contributed by atoms with E-state index in [2.05, 4.69) is 26.1 Å². The minimum absolute atomic E-state index is 0.0988. The minimum atomic E-state index is -0.520. The Bertz CT molecular complexity index is 733. The van der Waals surface area contributed by atoms with Crippen molar-refractivity contribution in [2.24, 2.45) is 0 Å². The predicted octanol–water partition coefficient (Wildman–Crippen LogP) is 5.05. The normalized spacial score (nSPS) is 16.1. The molecule has 152 valence electrons. The van der Waals surface area contributed by atoms with Gasteiger partial charge in [0.1, 0.15) is 30.0 Å². The van der Waals surface area contributed by atoms with E-state index in [1.165, 1.54) is 25.7 Å². The Hall–Kier alpha value is -2.04. The van der Waals surface area contributed by atoms with Crippen LogP contribution in [0.3, 0.4) is 0 Å². The smallest absolute Gasteiger partial charge is 0.127 e. The molecular formula is C24H33NO3. The molecule has 2 aromatic rings. The number of ether oxygens (including phenoxy) is 2. The summed E-state index contributed by atoms with van der Waals surface area (Å²) < 4.78 is 12.0. The van der Waals surface area contributed by atoms with Crippen molar-refractivity contribution in [1.82, 2.24) is 5.32 Å². The summed E-state index contributed by atoms with van der Waals surface area (Å²) in [5.74, 6) is 2.39. The minimum Gasteiger partial charge on any atom is -0.491 e. The molecule has 1 unspecified atom stereocenters. The lowest BCUT2D eigenvalue weighted by atomic mass is 9.86. The molecule has 4 heteroatoms. The Labute approximate surface area is 168 Å². The summed E-state index contributed by atoms with van der Waals surface area (Å²) in [4.78, 5) is 0. The van der Waals surface area contributed by atoms with Gasteiger partial charge < -0.3 is 19.9 Å². The lowest BCUT2D eigenvalue weighted by Crippen LogP contribution is -2.36. The molecule has 1 aliphatic rings. The molecule has 4 nitrogen and oxygen atoms in total. The zero-order valence-corrected chi connectivity index (χ0v) is 17.3. The van der Waals surface area contributed by atoms with Gasteiger partial charge in [0.2, 0.25) is 0 Å². The van der Waals surface area contributed by atoms with Crippen molar-refractivity contribution < 1.29 is 14.6 Å². The average molecular weight is 384 g/mol. The van der Waals surface area contributed by atoms with Gasteiger partial charge in [0, 0.05) is 18.2 Å². The van der Waals surface area contributed by atoms with Gasteiger partial charge in [0.25, 0.3) is 0 Å². The van der Waals surface area contributed by atoms with Crippen molar-refractivity contribution in [3.8, 4) is 17.2 Å². The van der Waals surface area contributed by atoms with Crippen LogP contribution in [0.1, 0.15) is 52.0 Å². The molecule has 0 amide bonds. The first-order valence-corrected chi connectivity index (χ1v) is 10.3. The van der Waals surface area contributed by atoms with Gasteiger partial charge in [-0.25, -0.2) is 0 Å². The summed E-state index contributed by atoms with van der Waals surface area (Å²) >= 11 is 0. The van der Waals surface area contributed by atoms with E-state index in [0.29, 0.717) is 12.6 Å². The predicted molar refractivity (Wildman–Crippen MR) is 113 cm³/mol. The fourth-order valence-corrected chi connectivity index (χ4v) is 3.59. The standard InChI is InChI=1S/C24H33NO3/c1-24(2,3)22-15-21(28-20-11-5-4-6-12-20)13-14-23(22)27-17-19(26)16-25-18-9-7-8-10-18/h4-6,11-15,18-19,25-26H,7-10,16-17H2,1-3H3. The molecule has 3 rings (SSSR count). The van der Waals surface area contributed by atoms with Crippen LogP contribution in [0.4, 0.5) is 0 Å². The molecule has 0 spiro atoms. The van der Waals surface area contributed by atoms with Crippen LogP contribution in [0.15, 0.2) is 48.5 Å². The van der Waals surface area contributed by atoms with E-state index >= 15 is 0 Å². The lowest BCUT2D eigenvalue weighted by Gasteiger charge is -2.24. The number of benzene rings is 2. The van der Waals surface area contributed by atoms with Gasteiger partial charge in [-0.3, -0.25) is 0 Å². The van der Waals surface area contributed by atoms with Gasteiger partial charge in [0.15, 0.2) is 0 Å². The number of hydrogen-bond acceptors (Lipinski definition) is 4. The molecule has 2 aromatic carbocycles. The molecule has 1 aliphatic carbocycles. The molecule has 0 radical (unpaired) electrons. The van der Waals surface area contributed by atoms with E-state index in [0.717, 1.165) is 22.8 Å². The third-order valence-corrected chi connectivity index (χ3v) is 5.17.